The Morgan fingerprint density at radius 1 is 1.44 bits per heavy atom. The van der Waals surface area contributed by atoms with E-state index in [0.29, 0.717) is 6.54 Å². The van der Waals surface area contributed by atoms with Crippen LogP contribution in [0.15, 0.2) is 30.5 Å². The van der Waals surface area contributed by atoms with Crippen molar-refractivity contribution in [2.45, 2.75) is 6.54 Å². The zero-order chi connectivity index (χ0) is 11.5. The van der Waals surface area contributed by atoms with Crippen molar-refractivity contribution in [3.05, 3.63) is 36.0 Å². The summed E-state index contributed by atoms with van der Waals surface area (Å²) in [5.74, 6) is -0.132. The molecule has 0 fully saturated rings. The third kappa shape index (κ3) is 1.92. The summed E-state index contributed by atoms with van der Waals surface area (Å²) >= 11 is 0. The molecule has 0 unspecified atom stereocenters. The summed E-state index contributed by atoms with van der Waals surface area (Å²) in [6, 6.07) is 8.12. The van der Waals surface area contributed by atoms with Gasteiger partial charge in [0.05, 0.1) is 6.54 Å². The third-order valence-electron chi connectivity index (χ3n) is 2.64. The van der Waals surface area contributed by atoms with Crippen LogP contribution in [0.25, 0.3) is 10.9 Å². The van der Waals surface area contributed by atoms with Gasteiger partial charge in [0.2, 0.25) is 5.91 Å². The predicted octanol–water partition coefficient (Wildman–Crippen LogP) is 0.753. The van der Waals surface area contributed by atoms with E-state index in [1.807, 2.05) is 25.4 Å². The standard InChI is InChI=1S/C12H15N3O/c1-15-8-9(7-14-12(16)6-13)10-4-2-3-5-11(10)15/h2-5,8H,6-7,13H2,1H3,(H,14,16). The summed E-state index contributed by atoms with van der Waals surface area (Å²) in [5.41, 5.74) is 7.51. The van der Waals surface area contributed by atoms with Crippen molar-refractivity contribution in [1.82, 2.24) is 9.88 Å². The first-order valence-electron chi connectivity index (χ1n) is 5.22. The normalized spacial score (nSPS) is 10.6. The van der Waals surface area contributed by atoms with Gasteiger partial charge >= 0.3 is 0 Å². The van der Waals surface area contributed by atoms with Crippen LogP contribution < -0.4 is 11.1 Å². The Balaban J connectivity index is 2.27. The lowest BCUT2D eigenvalue weighted by molar-refractivity contribution is -0.119. The number of benzene rings is 1. The van der Waals surface area contributed by atoms with Crippen molar-refractivity contribution >= 4 is 16.8 Å². The van der Waals surface area contributed by atoms with Crippen LogP contribution in [0.5, 0.6) is 0 Å². The molecule has 3 N–H and O–H groups in total. The molecule has 1 aromatic heterocycles. The predicted molar refractivity (Wildman–Crippen MR) is 63.8 cm³/mol. The number of nitrogens with two attached hydrogens (primary N) is 1. The number of fused-ring (bicyclic) bond motifs is 1. The monoisotopic (exact) mass is 217 g/mol. The number of para-hydroxylation sites is 1. The number of amides is 1. The molecule has 0 aliphatic heterocycles. The van der Waals surface area contributed by atoms with Crippen molar-refractivity contribution in [3.8, 4) is 0 Å². The fourth-order valence-corrected chi connectivity index (χ4v) is 1.83. The quantitative estimate of drug-likeness (QED) is 0.797. The van der Waals surface area contributed by atoms with E-state index >= 15 is 0 Å². The highest BCUT2D eigenvalue weighted by atomic mass is 16.1. The first-order valence-corrected chi connectivity index (χ1v) is 5.22. The Morgan fingerprint density at radius 3 is 2.94 bits per heavy atom. The molecule has 0 spiro atoms. The molecule has 0 saturated heterocycles. The molecule has 4 heteroatoms. The fourth-order valence-electron chi connectivity index (χ4n) is 1.83. The average molecular weight is 217 g/mol. The lowest BCUT2D eigenvalue weighted by Gasteiger charge is -2.01. The van der Waals surface area contributed by atoms with Gasteiger partial charge in [-0.15, -0.1) is 0 Å². The van der Waals surface area contributed by atoms with Gasteiger partial charge in [-0.1, -0.05) is 18.2 Å². The van der Waals surface area contributed by atoms with Crippen LogP contribution in [0.1, 0.15) is 5.56 Å². The van der Waals surface area contributed by atoms with Crippen LogP contribution in [0.2, 0.25) is 0 Å². The number of rotatable bonds is 3. The topological polar surface area (TPSA) is 60.0 Å². The van der Waals surface area contributed by atoms with Crippen LogP contribution in [-0.2, 0) is 18.4 Å². The Labute approximate surface area is 94.0 Å². The van der Waals surface area contributed by atoms with Gasteiger partial charge in [0, 0.05) is 30.7 Å². The van der Waals surface area contributed by atoms with E-state index in [9.17, 15) is 4.79 Å². The van der Waals surface area contributed by atoms with Crippen LogP contribution in [-0.4, -0.2) is 17.0 Å². The zero-order valence-electron chi connectivity index (χ0n) is 9.23. The van der Waals surface area contributed by atoms with Gasteiger partial charge in [-0.05, 0) is 11.6 Å². The smallest absolute Gasteiger partial charge is 0.234 e. The van der Waals surface area contributed by atoms with Gasteiger partial charge in [0.1, 0.15) is 0 Å². The molecular formula is C12H15N3O. The van der Waals surface area contributed by atoms with Gasteiger partial charge in [0.15, 0.2) is 0 Å². The molecule has 0 aliphatic carbocycles. The number of hydrogen-bond acceptors (Lipinski definition) is 2. The Hall–Kier alpha value is -1.81. The molecule has 1 aromatic carbocycles. The van der Waals surface area contributed by atoms with Crippen molar-refractivity contribution in [3.63, 3.8) is 0 Å². The van der Waals surface area contributed by atoms with E-state index in [1.165, 1.54) is 10.9 Å². The SMILES string of the molecule is Cn1cc(CNC(=O)CN)c2ccccc21. The number of nitrogens with zero attached hydrogens (tertiary/aromatic N) is 1. The number of aryl methyl sites for hydroxylation is 1. The summed E-state index contributed by atoms with van der Waals surface area (Å²) in [6.45, 7) is 0.558. The maximum atomic E-state index is 11.1. The lowest BCUT2D eigenvalue weighted by atomic mass is 10.2. The molecule has 1 amide bonds. The van der Waals surface area contributed by atoms with Crippen LogP contribution in [0.4, 0.5) is 0 Å². The molecule has 1 heterocycles. The molecule has 2 rings (SSSR count). The second-order valence-corrected chi connectivity index (χ2v) is 3.76. The zero-order valence-corrected chi connectivity index (χ0v) is 9.23. The third-order valence-corrected chi connectivity index (χ3v) is 2.64. The van der Waals surface area contributed by atoms with Crippen molar-refractivity contribution in [2.24, 2.45) is 12.8 Å². The summed E-state index contributed by atoms with van der Waals surface area (Å²) in [5, 5.41) is 3.95. The molecule has 4 nitrogen and oxygen atoms in total. The highest BCUT2D eigenvalue weighted by Crippen LogP contribution is 2.19. The van der Waals surface area contributed by atoms with Gasteiger partial charge in [-0.25, -0.2) is 0 Å². The van der Waals surface area contributed by atoms with E-state index in [2.05, 4.69) is 22.0 Å². The molecule has 0 atom stereocenters. The molecular weight excluding hydrogens is 202 g/mol. The summed E-state index contributed by atoms with van der Waals surface area (Å²) in [4.78, 5) is 11.1. The van der Waals surface area contributed by atoms with Gasteiger partial charge in [0.25, 0.3) is 0 Å². The minimum absolute atomic E-state index is 0.0325. The van der Waals surface area contributed by atoms with Crippen molar-refractivity contribution in [2.75, 3.05) is 6.54 Å². The summed E-state index contributed by atoms with van der Waals surface area (Å²) in [7, 11) is 2.00. The van der Waals surface area contributed by atoms with Crippen molar-refractivity contribution < 1.29 is 4.79 Å². The minimum Gasteiger partial charge on any atom is -0.351 e. The number of aromatic nitrogens is 1. The fraction of sp³-hybridized carbons (Fsp3) is 0.250. The second-order valence-electron chi connectivity index (χ2n) is 3.76. The van der Waals surface area contributed by atoms with E-state index in [-0.39, 0.29) is 12.5 Å². The van der Waals surface area contributed by atoms with Crippen LogP contribution in [0.3, 0.4) is 0 Å². The van der Waals surface area contributed by atoms with E-state index < -0.39 is 0 Å². The number of hydrogen-bond donors (Lipinski definition) is 2. The second kappa shape index (κ2) is 4.37. The highest BCUT2D eigenvalue weighted by molar-refractivity contribution is 5.84. The largest absolute Gasteiger partial charge is 0.351 e. The van der Waals surface area contributed by atoms with Gasteiger partial charge in [-0.3, -0.25) is 4.79 Å². The van der Waals surface area contributed by atoms with E-state index in [0.717, 1.165) is 5.56 Å². The first-order chi connectivity index (χ1) is 7.72. The molecule has 0 aliphatic rings. The number of nitrogens with one attached hydrogen (secondary N) is 1. The molecule has 0 bridgehead atoms. The highest BCUT2D eigenvalue weighted by Gasteiger charge is 2.06. The average Bonchev–Trinajstić information content (AvgIpc) is 2.64. The maximum Gasteiger partial charge on any atom is 0.234 e. The Kier molecular flexibility index (Phi) is 2.92. The van der Waals surface area contributed by atoms with Gasteiger partial charge in [-0.2, -0.15) is 0 Å². The molecule has 0 saturated carbocycles. The molecule has 84 valence electrons. The Bertz CT molecular complexity index is 516. The minimum atomic E-state index is -0.132. The maximum absolute atomic E-state index is 11.1. The van der Waals surface area contributed by atoms with E-state index in [4.69, 9.17) is 5.73 Å². The molecule has 2 aromatic rings. The van der Waals surface area contributed by atoms with Crippen LogP contribution >= 0.6 is 0 Å². The molecule has 0 radical (unpaired) electrons. The molecule has 16 heavy (non-hydrogen) atoms. The Morgan fingerprint density at radius 2 is 2.19 bits per heavy atom. The number of carbonyl (C=O) groups excluding carboxylic acids is 1. The van der Waals surface area contributed by atoms with Gasteiger partial charge < -0.3 is 15.6 Å². The van der Waals surface area contributed by atoms with E-state index in [1.54, 1.807) is 0 Å². The summed E-state index contributed by atoms with van der Waals surface area (Å²) < 4.78 is 2.05. The lowest BCUT2D eigenvalue weighted by Crippen LogP contribution is -2.29. The number of carbonyl (C=O) groups is 1. The van der Waals surface area contributed by atoms with Crippen molar-refractivity contribution in [1.29, 1.82) is 0 Å². The summed E-state index contributed by atoms with van der Waals surface area (Å²) in [6.07, 6.45) is 2.03. The van der Waals surface area contributed by atoms with Crippen LogP contribution in [0, 0.1) is 0 Å². The first kappa shape index (κ1) is 10.7.